The quantitative estimate of drug-likeness (QED) is 0.227. The first-order chi connectivity index (χ1) is 18.8. The Morgan fingerprint density at radius 2 is 1.08 bits per heavy atom. The van der Waals surface area contributed by atoms with E-state index >= 15 is 0 Å². The number of aryl methyl sites for hydroxylation is 1. The zero-order chi connectivity index (χ0) is 25.2. The van der Waals surface area contributed by atoms with Crippen molar-refractivity contribution in [3.05, 3.63) is 133 Å². The third-order valence-corrected chi connectivity index (χ3v) is 7.96. The van der Waals surface area contributed by atoms with Crippen molar-refractivity contribution in [2.75, 3.05) is 0 Å². The van der Waals surface area contributed by atoms with Crippen LogP contribution in [0.4, 0.5) is 0 Å². The van der Waals surface area contributed by atoms with Crippen molar-refractivity contribution in [2.24, 2.45) is 0 Å². The van der Waals surface area contributed by atoms with E-state index in [-0.39, 0.29) is 0 Å². The molecule has 0 N–H and O–H groups in total. The van der Waals surface area contributed by atoms with Crippen molar-refractivity contribution >= 4 is 43.3 Å². The predicted octanol–water partition coefficient (Wildman–Crippen LogP) is 10.6. The second-order valence-corrected chi connectivity index (χ2v) is 10.2. The average molecular weight is 485 g/mol. The highest BCUT2D eigenvalue weighted by Crippen LogP contribution is 2.46. The van der Waals surface area contributed by atoms with E-state index in [0.717, 1.165) is 27.9 Å². The van der Waals surface area contributed by atoms with Crippen LogP contribution in [0, 0.1) is 6.92 Å². The fourth-order valence-corrected chi connectivity index (χ4v) is 6.17. The van der Waals surface area contributed by atoms with Gasteiger partial charge in [-0.1, -0.05) is 115 Å². The summed E-state index contributed by atoms with van der Waals surface area (Å²) < 4.78 is 6.56. The molecule has 7 aromatic carbocycles. The second kappa shape index (κ2) is 8.06. The molecule has 8 aromatic rings. The SMILES string of the molecule is Cc1cccc2cc(-c3cc(-c4ccccc4)c4ccc5ccc(-c6ccccc6)c6ccc3c4c56)oc12. The van der Waals surface area contributed by atoms with Crippen LogP contribution in [0.1, 0.15) is 5.56 Å². The minimum Gasteiger partial charge on any atom is -0.456 e. The Kier molecular flexibility index (Phi) is 4.50. The van der Waals surface area contributed by atoms with Crippen molar-refractivity contribution in [1.82, 2.24) is 0 Å². The molecule has 0 saturated heterocycles. The number of fused-ring (bicyclic) bond motifs is 1. The Labute approximate surface area is 220 Å². The molecule has 0 atom stereocenters. The maximum atomic E-state index is 6.56. The van der Waals surface area contributed by atoms with Gasteiger partial charge in [0.25, 0.3) is 0 Å². The molecule has 8 rings (SSSR count). The first-order valence-corrected chi connectivity index (χ1v) is 13.1. The van der Waals surface area contributed by atoms with Crippen LogP contribution in [0.3, 0.4) is 0 Å². The van der Waals surface area contributed by atoms with Gasteiger partial charge in [0.1, 0.15) is 11.3 Å². The minimum atomic E-state index is 0.910. The van der Waals surface area contributed by atoms with Crippen LogP contribution in [0.15, 0.2) is 132 Å². The molecular formula is C37H24O. The van der Waals surface area contributed by atoms with Crippen molar-refractivity contribution < 1.29 is 4.42 Å². The molecule has 0 aliphatic carbocycles. The predicted molar refractivity (Wildman–Crippen MR) is 161 cm³/mol. The van der Waals surface area contributed by atoms with E-state index in [1.807, 2.05) is 0 Å². The van der Waals surface area contributed by atoms with Gasteiger partial charge in [-0.15, -0.1) is 0 Å². The Balaban J connectivity index is 1.54. The summed E-state index contributed by atoms with van der Waals surface area (Å²) >= 11 is 0. The fourth-order valence-electron chi connectivity index (χ4n) is 6.17. The number of rotatable bonds is 3. The van der Waals surface area contributed by atoms with Crippen LogP contribution in [0.25, 0.3) is 76.9 Å². The van der Waals surface area contributed by atoms with Crippen LogP contribution in [0.2, 0.25) is 0 Å². The van der Waals surface area contributed by atoms with E-state index in [4.69, 9.17) is 4.42 Å². The smallest absolute Gasteiger partial charge is 0.137 e. The van der Waals surface area contributed by atoms with Gasteiger partial charge in [0.05, 0.1) is 0 Å². The van der Waals surface area contributed by atoms with Crippen molar-refractivity contribution in [2.45, 2.75) is 6.92 Å². The van der Waals surface area contributed by atoms with E-state index < -0.39 is 0 Å². The fraction of sp³-hybridized carbons (Fsp3) is 0.0270. The summed E-state index contributed by atoms with van der Waals surface area (Å²) in [7, 11) is 0. The molecule has 38 heavy (non-hydrogen) atoms. The molecule has 0 unspecified atom stereocenters. The third kappa shape index (κ3) is 3.06. The van der Waals surface area contributed by atoms with Crippen molar-refractivity contribution in [3.8, 4) is 33.6 Å². The second-order valence-electron chi connectivity index (χ2n) is 10.2. The summed E-state index contributed by atoms with van der Waals surface area (Å²) in [5.41, 5.74) is 8.18. The number of para-hydroxylation sites is 1. The van der Waals surface area contributed by atoms with Gasteiger partial charge >= 0.3 is 0 Å². The van der Waals surface area contributed by atoms with Gasteiger partial charge < -0.3 is 4.42 Å². The molecule has 0 amide bonds. The highest BCUT2D eigenvalue weighted by Gasteiger charge is 2.20. The van der Waals surface area contributed by atoms with Crippen molar-refractivity contribution in [3.63, 3.8) is 0 Å². The average Bonchev–Trinajstić information content (AvgIpc) is 3.42. The standard InChI is InChI=1S/C37H24O/c1-23-9-8-14-27-21-34(38-37(23)27)33-22-32(25-12-6-3-7-13-25)30-18-16-26-15-17-28(24-10-4-2-5-11-24)29-19-20-31(33)36(30)35(26)29/h2-22H,1H3. The van der Waals surface area contributed by atoms with Crippen molar-refractivity contribution in [1.29, 1.82) is 0 Å². The molecule has 1 nitrogen and oxygen atoms in total. The summed E-state index contributed by atoms with van der Waals surface area (Å²) in [6.45, 7) is 2.11. The molecule has 0 radical (unpaired) electrons. The van der Waals surface area contributed by atoms with Crippen LogP contribution in [-0.2, 0) is 0 Å². The largest absolute Gasteiger partial charge is 0.456 e. The summed E-state index contributed by atoms with van der Waals surface area (Å²) in [6.07, 6.45) is 0. The van der Waals surface area contributed by atoms with Gasteiger partial charge in [0, 0.05) is 10.9 Å². The van der Waals surface area contributed by atoms with Crippen LogP contribution < -0.4 is 0 Å². The van der Waals surface area contributed by atoms with Crippen LogP contribution in [0.5, 0.6) is 0 Å². The molecule has 0 spiro atoms. The third-order valence-electron chi connectivity index (χ3n) is 7.96. The highest BCUT2D eigenvalue weighted by atomic mass is 16.3. The lowest BCUT2D eigenvalue weighted by Crippen LogP contribution is -1.91. The van der Waals surface area contributed by atoms with E-state index in [9.17, 15) is 0 Å². The van der Waals surface area contributed by atoms with Gasteiger partial charge in [-0.2, -0.15) is 0 Å². The van der Waals surface area contributed by atoms with E-state index in [2.05, 4.69) is 134 Å². The first-order valence-electron chi connectivity index (χ1n) is 13.1. The van der Waals surface area contributed by atoms with Crippen LogP contribution in [-0.4, -0.2) is 0 Å². The number of hydrogen-bond donors (Lipinski definition) is 0. The maximum absolute atomic E-state index is 6.56. The first kappa shape index (κ1) is 21.2. The van der Waals surface area contributed by atoms with Crippen LogP contribution >= 0.6 is 0 Å². The summed E-state index contributed by atoms with van der Waals surface area (Å²) in [6, 6.07) is 46.0. The molecule has 0 bridgehead atoms. The molecule has 0 aliphatic rings. The highest BCUT2D eigenvalue weighted by molar-refractivity contribution is 6.29. The summed E-state index contributed by atoms with van der Waals surface area (Å²) in [5.74, 6) is 0.910. The van der Waals surface area contributed by atoms with Gasteiger partial charge in [0.15, 0.2) is 0 Å². The summed E-state index contributed by atoms with van der Waals surface area (Å²) in [5, 5.41) is 8.78. The molecule has 1 heteroatoms. The van der Waals surface area contributed by atoms with E-state index in [0.29, 0.717) is 0 Å². The molecule has 0 saturated carbocycles. The maximum Gasteiger partial charge on any atom is 0.137 e. The molecular weight excluding hydrogens is 460 g/mol. The topological polar surface area (TPSA) is 13.1 Å². The monoisotopic (exact) mass is 484 g/mol. The molecule has 178 valence electrons. The van der Waals surface area contributed by atoms with Gasteiger partial charge in [-0.25, -0.2) is 0 Å². The number of hydrogen-bond acceptors (Lipinski definition) is 1. The van der Waals surface area contributed by atoms with Gasteiger partial charge in [0.2, 0.25) is 0 Å². The molecule has 0 aliphatic heterocycles. The zero-order valence-electron chi connectivity index (χ0n) is 21.0. The van der Waals surface area contributed by atoms with Gasteiger partial charge in [-0.3, -0.25) is 0 Å². The lowest BCUT2D eigenvalue weighted by atomic mass is 9.85. The number of benzene rings is 7. The Morgan fingerprint density at radius 1 is 0.447 bits per heavy atom. The molecule has 0 fully saturated rings. The Hall–Kier alpha value is -4.88. The Morgan fingerprint density at radius 3 is 1.82 bits per heavy atom. The molecule has 1 heterocycles. The molecule has 1 aromatic heterocycles. The minimum absolute atomic E-state index is 0.910. The summed E-state index contributed by atoms with van der Waals surface area (Å²) in [4.78, 5) is 0. The van der Waals surface area contributed by atoms with Gasteiger partial charge in [-0.05, 0) is 79.2 Å². The number of furan rings is 1. The lowest BCUT2D eigenvalue weighted by Gasteiger charge is -2.18. The zero-order valence-corrected chi connectivity index (χ0v) is 21.0. The lowest BCUT2D eigenvalue weighted by molar-refractivity contribution is 0.629. The Bertz CT molecular complexity index is 2110. The normalized spacial score (nSPS) is 11.8. The van der Waals surface area contributed by atoms with E-state index in [1.165, 1.54) is 54.6 Å². The van der Waals surface area contributed by atoms with E-state index in [1.54, 1.807) is 0 Å².